The molecule has 15 heavy (non-hydrogen) atoms. The fourth-order valence-corrected chi connectivity index (χ4v) is 3.05. The number of hydrogen-bond acceptors (Lipinski definition) is 2. The number of rotatable bonds is 3. The summed E-state index contributed by atoms with van der Waals surface area (Å²) in [6.45, 7) is 2.28. The Morgan fingerprint density at radius 1 is 1.13 bits per heavy atom. The van der Waals surface area contributed by atoms with E-state index in [-0.39, 0.29) is 12.2 Å². The van der Waals surface area contributed by atoms with Gasteiger partial charge in [0.2, 0.25) is 0 Å². The minimum absolute atomic E-state index is 0.144. The van der Waals surface area contributed by atoms with Crippen molar-refractivity contribution in [3.63, 3.8) is 0 Å². The maximum atomic E-state index is 9.72. The molecule has 0 aromatic carbocycles. The molecule has 0 radical (unpaired) electrons. The minimum atomic E-state index is -0.188. The maximum absolute atomic E-state index is 9.72. The molecule has 0 aliphatic heterocycles. The average molecular weight is 212 g/mol. The average Bonchev–Trinajstić information content (AvgIpc) is 2.65. The summed E-state index contributed by atoms with van der Waals surface area (Å²) >= 11 is 0. The fourth-order valence-electron chi connectivity index (χ4n) is 3.05. The highest BCUT2D eigenvalue weighted by molar-refractivity contribution is 4.80. The first kappa shape index (κ1) is 11.4. The lowest BCUT2D eigenvalue weighted by molar-refractivity contribution is -0.0801. The van der Waals surface area contributed by atoms with Crippen LogP contribution in [0, 0.1) is 5.92 Å². The monoisotopic (exact) mass is 212 g/mol. The van der Waals surface area contributed by atoms with Crippen LogP contribution in [-0.4, -0.2) is 23.4 Å². The molecular formula is C13H24O2. The Morgan fingerprint density at radius 3 is 2.60 bits per heavy atom. The molecule has 0 aromatic heterocycles. The highest BCUT2D eigenvalue weighted by Gasteiger charge is 2.30. The first-order valence-electron chi connectivity index (χ1n) is 6.63. The molecule has 0 amide bonds. The van der Waals surface area contributed by atoms with Gasteiger partial charge in [0.05, 0.1) is 18.3 Å². The van der Waals surface area contributed by atoms with Gasteiger partial charge >= 0.3 is 0 Å². The Balaban J connectivity index is 1.78. The summed E-state index contributed by atoms with van der Waals surface area (Å²) in [6.07, 6.45) is 9.93. The van der Waals surface area contributed by atoms with Gasteiger partial charge in [0.1, 0.15) is 0 Å². The van der Waals surface area contributed by atoms with Gasteiger partial charge < -0.3 is 9.84 Å². The summed E-state index contributed by atoms with van der Waals surface area (Å²) in [5.74, 6) is 0.863. The van der Waals surface area contributed by atoms with Crippen LogP contribution in [0.25, 0.3) is 0 Å². The van der Waals surface area contributed by atoms with Crippen LogP contribution in [-0.2, 0) is 4.74 Å². The smallest absolute Gasteiger partial charge is 0.0837 e. The second kappa shape index (κ2) is 5.31. The lowest BCUT2D eigenvalue weighted by Gasteiger charge is -2.31. The van der Waals surface area contributed by atoms with E-state index in [0.717, 1.165) is 25.2 Å². The van der Waals surface area contributed by atoms with Gasteiger partial charge in [-0.1, -0.05) is 26.2 Å². The summed E-state index contributed by atoms with van der Waals surface area (Å²) in [6, 6.07) is 0. The first-order valence-corrected chi connectivity index (χ1v) is 6.63. The zero-order valence-corrected chi connectivity index (χ0v) is 9.82. The molecule has 0 heterocycles. The van der Waals surface area contributed by atoms with Gasteiger partial charge in [-0.15, -0.1) is 0 Å². The van der Waals surface area contributed by atoms with E-state index >= 15 is 0 Å². The molecular weight excluding hydrogens is 188 g/mol. The molecule has 2 aliphatic rings. The molecule has 2 aliphatic carbocycles. The quantitative estimate of drug-likeness (QED) is 0.779. The molecule has 2 heteroatoms. The Labute approximate surface area is 93.0 Å². The van der Waals surface area contributed by atoms with Gasteiger partial charge in [0, 0.05) is 0 Å². The molecule has 4 atom stereocenters. The molecule has 2 fully saturated rings. The van der Waals surface area contributed by atoms with Crippen LogP contribution in [0.1, 0.15) is 58.3 Å². The predicted molar refractivity (Wildman–Crippen MR) is 60.8 cm³/mol. The Bertz CT molecular complexity index is 193. The maximum Gasteiger partial charge on any atom is 0.0837 e. The molecule has 2 rings (SSSR count). The van der Waals surface area contributed by atoms with Gasteiger partial charge in [0.25, 0.3) is 0 Å². The summed E-state index contributed by atoms with van der Waals surface area (Å²) in [5.41, 5.74) is 0. The van der Waals surface area contributed by atoms with E-state index in [0.29, 0.717) is 6.10 Å². The van der Waals surface area contributed by atoms with Crippen molar-refractivity contribution in [2.24, 2.45) is 5.92 Å². The largest absolute Gasteiger partial charge is 0.390 e. The van der Waals surface area contributed by atoms with E-state index in [1.807, 2.05) is 0 Å². The lowest BCUT2D eigenvalue weighted by atomic mass is 9.85. The lowest BCUT2D eigenvalue weighted by Crippen LogP contribution is -2.31. The van der Waals surface area contributed by atoms with E-state index in [1.54, 1.807) is 0 Å². The van der Waals surface area contributed by atoms with Crippen molar-refractivity contribution in [1.29, 1.82) is 0 Å². The van der Waals surface area contributed by atoms with Crippen LogP contribution in [0.5, 0.6) is 0 Å². The van der Waals surface area contributed by atoms with Crippen molar-refractivity contribution >= 4 is 0 Å². The molecule has 4 unspecified atom stereocenters. The van der Waals surface area contributed by atoms with Crippen LogP contribution >= 0.6 is 0 Å². The van der Waals surface area contributed by atoms with Gasteiger partial charge in [-0.25, -0.2) is 0 Å². The summed E-state index contributed by atoms with van der Waals surface area (Å²) in [7, 11) is 0. The summed E-state index contributed by atoms with van der Waals surface area (Å²) in [4.78, 5) is 0. The summed E-state index contributed by atoms with van der Waals surface area (Å²) in [5, 5.41) is 9.72. The molecule has 2 nitrogen and oxygen atoms in total. The van der Waals surface area contributed by atoms with Gasteiger partial charge in [-0.3, -0.25) is 0 Å². The van der Waals surface area contributed by atoms with Crippen molar-refractivity contribution in [2.75, 3.05) is 0 Å². The third-order valence-electron chi connectivity index (χ3n) is 4.10. The van der Waals surface area contributed by atoms with Crippen molar-refractivity contribution in [3.8, 4) is 0 Å². The van der Waals surface area contributed by atoms with Crippen molar-refractivity contribution in [3.05, 3.63) is 0 Å². The van der Waals surface area contributed by atoms with Gasteiger partial charge in [-0.05, 0) is 38.0 Å². The normalized spacial score (nSPS) is 42.0. The minimum Gasteiger partial charge on any atom is -0.390 e. The van der Waals surface area contributed by atoms with Crippen LogP contribution in [0.15, 0.2) is 0 Å². The number of hydrogen-bond donors (Lipinski definition) is 1. The predicted octanol–water partition coefficient (Wildman–Crippen LogP) is 2.89. The Hall–Kier alpha value is -0.0800. The summed E-state index contributed by atoms with van der Waals surface area (Å²) < 4.78 is 6.05. The van der Waals surface area contributed by atoms with E-state index in [2.05, 4.69) is 6.92 Å². The fraction of sp³-hybridized carbons (Fsp3) is 1.00. The molecule has 1 N–H and O–H groups in total. The van der Waals surface area contributed by atoms with Crippen LogP contribution in [0.2, 0.25) is 0 Å². The van der Waals surface area contributed by atoms with Crippen molar-refractivity contribution in [1.82, 2.24) is 0 Å². The number of aliphatic hydroxyl groups excluding tert-OH is 1. The Morgan fingerprint density at radius 2 is 1.93 bits per heavy atom. The van der Waals surface area contributed by atoms with Crippen molar-refractivity contribution < 1.29 is 9.84 Å². The molecule has 0 spiro atoms. The molecule has 0 bridgehead atoms. The van der Waals surface area contributed by atoms with Gasteiger partial charge in [-0.2, -0.15) is 0 Å². The SMILES string of the molecule is CCC1CCCC(OC2CCCC2O)C1. The number of aliphatic hydroxyl groups is 1. The Kier molecular flexibility index (Phi) is 4.04. The van der Waals surface area contributed by atoms with E-state index in [1.165, 1.54) is 32.1 Å². The van der Waals surface area contributed by atoms with Gasteiger partial charge in [0.15, 0.2) is 0 Å². The third kappa shape index (κ3) is 2.94. The zero-order chi connectivity index (χ0) is 10.7. The number of ether oxygens (including phenoxy) is 1. The standard InChI is InChI=1S/C13H24O2/c1-2-10-5-3-6-11(9-10)15-13-8-4-7-12(13)14/h10-14H,2-9H2,1H3. The zero-order valence-electron chi connectivity index (χ0n) is 9.82. The first-order chi connectivity index (χ1) is 7.29. The molecule has 0 aromatic rings. The van der Waals surface area contributed by atoms with E-state index in [4.69, 9.17) is 4.74 Å². The van der Waals surface area contributed by atoms with E-state index < -0.39 is 0 Å². The van der Waals surface area contributed by atoms with Crippen LogP contribution in [0.3, 0.4) is 0 Å². The highest BCUT2D eigenvalue weighted by atomic mass is 16.5. The topological polar surface area (TPSA) is 29.5 Å². The van der Waals surface area contributed by atoms with E-state index in [9.17, 15) is 5.11 Å². The van der Waals surface area contributed by atoms with Crippen molar-refractivity contribution in [2.45, 2.75) is 76.6 Å². The van der Waals surface area contributed by atoms with Crippen LogP contribution < -0.4 is 0 Å². The third-order valence-corrected chi connectivity index (χ3v) is 4.10. The molecule has 2 saturated carbocycles. The second-order valence-corrected chi connectivity index (χ2v) is 5.24. The molecule has 88 valence electrons. The second-order valence-electron chi connectivity index (χ2n) is 5.24. The van der Waals surface area contributed by atoms with Crippen LogP contribution in [0.4, 0.5) is 0 Å². The molecule has 0 saturated heterocycles. The highest BCUT2D eigenvalue weighted by Crippen LogP contribution is 2.32.